The highest BCUT2D eigenvalue weighted by molar-refractivity contribution is 6.34. The highest BCUT2D eigenvalue weighted by Gasteiger charge is 2.39. The number of aliphatic hydroxyl groups excluding tert-OH is 1. The molecule has 0 saturated carbocycles. The fraction of sp³-hybridized carbons (Fsp3) is 0.500. The first-order valence-corrected chi connectivity index (χ1v) is 9.07. The fourth-order valence-electron chi connectivity index (χ4n) is 3.07. The number of ether oxygens (including phenoxy) is 2. The maximum Gasteiger partial charge on any atom is 0.296 e. The molecule has 1 heterocycles. The van der Waals surface area contributed by atoms with Gasteiger partial charge in [-0.3, -0.25) is 14.5 Å². The molecule has 0 fully saturated rings. The molecule has 0 aromatic heterocycles. The second-order valence-corrected chi connectivity index (χ2v) is 6.32. The lowest BCUT2D eigenvalue weighted by molar-refractivity contribution is -0.138. The van der Waals surface area contributed by atoms with E-state index < -0.39 is 17.6 Å². The van der Waals surface area contributed by atoms with Gasteiger partial charge in [0, 0.05) is 6.54 Å². The molecule has 0 bridgehead atoms. The molecule has 0 atom stereocenters. The van der Waals surface area contributed by atoms with Crippen molar-refractivity contribution in [1.29, 1.82) is 0 Å². The molecule has 0 saturated heterocycles. The summed E-state index contributed by atoms with van der Waals surface area (Å²) in [6.45, 7) is 2.48. The van der Waals surface area contributed by atoms with Crippen molar-refractivity contribution in [3.63, 3.8) is 0 Å². The topological polar surface area (TPSA) is 76.1 Å². The Morgan fingerprint density at radius 2 is 1.58 bits per heavy atom. The Morgan fingerprint density at radius 3 is 2.23 bits per heavy atom. The van der Waals surface area contributed by atoms with Crippen LogP contribution in [-0.2, 0) is 9.59 Å². The average Bonchev–Trinajstić information content (AvgIpc) is 2.87. The third-order valence-corrected chi connectivity index (χ3v) is 4.55. The number of methoxy groups -OCH3 is 2. The maximum absolute atomic E-state index is 12.7. The van der Waals surface area contributed by atoms with E-state index in [1.807, 2.05) is 0 Å². The third kappa shape index (κ3) is 4.18. The van der Waals surface area contributed by atoms with Gasteiger partial charge in [-0.2, -0.15) is 0 Å². The number of rotatable bonds is 10. The smallest absolute Gasteiger partial charge is 0.296 e. The van der Waals surface area contributed by atoms with Crippen LogP contribution < -0.4 is 9.47 Å². The molecule has 0 unspecified atom stereocenters. The van der Waals surface area contributed by atoms with Gasteiger partial charge < -0.3 is 14.6 Å². The van der Waals surface area contributed by atoms with Crippen LogP contribution in [0.3, 0.4) is 0 Å². The van der Waals surface area contributed by atoms with Gasteiger partial charge in [-0.1, -0.05) is 45.1 Å². The van der Waals surface area contributed by atoms with E-state index in [1.54, 1.807) is 18.2 Å². The lowest BCUT2D eigenvalue weighted by Crippen LogP contribution is -2.32. The Balaban J connectivity index is 2.08. The Bertz CT molecular complexity index is 695. The van der Waals surface area contributed by atoms with Crippen molar-refractivity contribution in [1.82, 2.24) is 4.90 Å². The zero-order valence-corrected chi connectivity index (χ0v) is 15.7. The first-order valence-electron chi connectivity index (χ1n) is 9.07. The monoisotopic (exact) mass is 361 g/mol. The van der Waals surface area contributed by atoms with Gasteiger partial charge in [-0.15, -0.1) is 0 Å². The van der Waals surface area contributed by atoms with E-state index in [0.717, 1.165) is 24.2 Å². The molecule has 26 heavy (non-hydrogen) atoms. The lowest BCUT2D eigenvalue weighted by atomic mass is 10.0. The summed E-state index contributed by atoms with van der Waals surface area (Å²) < 4.78 is 10.4. The minimum atomic E-state index is -0.631. The first-order chi connectivity index (χ1) is 12.5. The van der Waals surface area contributed by atoms with Crippen molar-refractivity contribution in [3.8, 4) is 11.5 Å². The Morgan fingerprint density at radius 1 is 0.923 bits per heavy atom. The van der Waals surface area contributed by atoms with E-state index in [9.17, 15) is 14.7 Å². The van der Waals surface area contributed by atoms with E-state index in [2.05, 4.69) is 6.92 Å². The minimum Gasteiger partial charge on any atom is -0.502 e. The van der Waals surface area contributed by atoms with Crippen LogP contribution in [0.1, 0.15) is 51.0 Å². The largest absolute Gasteiger partial charge is 0.502 e. The molecule has 0 aliphatic carbocycles. The highest BCUT2D eigenvalue weighted by atomic mass is 16.5. The summed E-state index contributed by atoms with van der Waals surface area (Å²) in [6.07, 6.45) is 6.34. The van der Waals surface area contributed by atoms with Gasteiger partial charge in [0.2, 0.25) is 0 Å². The number of imide groups is 1. The van der Waals surface area contributed by atoms with E-state index in [-0.39, 0.29) is 5.57 Å². The summed E-state index contributed by atoms with van der Waals surface area (Å²) in [6, 6.07) is 4.86. The summed E-state index contributed by atoms with van der Waals surface area (Å²) in [7, 11) is 3.00. The normalized spacial score (nSPS) is 14.3. The molecule has 2 amide bonds. The van der Waals surface area contributed by atoms with Crippen molar-refractivity contribution >= 4 is 17.4 Å². The van der Waals surface area contributed by atoms with Crippen molar-refractivity contribution in [2.45, 2.75) is 45.4 Å². The van der Waals surface area contributed by atoms with Crippen LogP contribution in [-0.4, -0.2) is 42.6 Å². The maximum atomic E-state index is 12.7. The van der Waals surface area contributed by atoms with Crippen LogP contribution in [0.4, 0.5) is 0 Å². The van der Waals surface area contributed by atoms with Gasteiger partial charge in [0.25, 0.3) is 11.8 Å². The highest BCUT2D eigenvalue weighted by Crippen LogP contribution is 2.34. The number of carbonyl (C=O) groups excluding carboxylic acids is 2. The molecular formula is C20H27NO5. The number of hydrogen-bond donors (Lipinski definition) is 1. The van der Waals surface area contributed by atoms with Gasteiger partial charge in [-0.05, 0) is 24.1 Å². The summed E-state index contributed by atoms with van der Waals surface area (Å²) >= 11 is 0. The second kappa shape index (κ2) is 9.27. The summed E-state index contributed by atoms with van der Waals surface area (Å²) in [5.74, 6) is -0.660. The molecule has 1 N–H and O–H groups in total. The predicted molar refractivity (Wildman–Crippen MR) is 99.2 cm³/mol. The molecule has 0 spiro atoms. The van der Waals surface area contributed by atoms with Crippen molar-refractivity contribution in [3.05, 3.63) is 29.5 Å². The number of benzene rings is 1. The molecule has 1 aliphatic rings. The lowest BCUT2D eigenvalue weighted by Gasteiger charge is -2.14. The molecule has 6 heteroatoms. The average molecular weight is 361 g/mol. The zero-order valence-electron chi connectivity index (χ0n) is 15.7. The summed E-state index contributed by atoms with van der Waals surface area (Å²) in [4.78, 5) is 26.1. The number of nitrogens with zero attached hydrogens (tertiary/aromatic N) is 1. The Hall–Kier alpha value is -2.50. The van der Waals surface area contributed by atoms with Gasteiger partial charge >= 0.3 is 0 Å². The summed E-state index contributed by atoms with van der Waals surface area (Å²) in [5.41, 5.74) is 0.450. The van der Waals surface area contributed by atoms with E-state index >= 15 is 0 Å². The van der Waals surface area contributed by atoms with Crippen LogP contribution >= 0.6 is 0 Å². The number of carbonyl (C=O) groups is 2. The van der Waals surface area contributed by atoms with E-state index in [4.69, 9.17) is 9.47 Å². The van der Waals surface area contributed by atoms with Crippen LogP contribution in [0.25, 0.3) is 5.57 Å². The number of hydrogen-bond acceptors (Lipinski definition) is 5. The van der Waals surface area contributed by atoms with Crippen molar-refractivity contribution in [2.75, 3.05) is 20.8 Å². The third-order valence-electron chi connectivity index (χ3n) is 4.55. The zero-order chi connectivity index (χ0) is 19.1. The molecule has 1 aliphatic heterocycles. The van der Waals surface area contributed by atoms with Crippen LogP contribution in [0.2, 0.25) is 0 Å². The van der Waals surface area contributed by atoms with Crippen molar-refractivity contribution < 1.29 is 24.2 Å². The standard InChI is InChI=1S/C20H27NO5/c1-4-5-6-7-8-9-12-21-19(23)17(18(22)20(21)24)14-10-11-15(25-2)16(13-14)26-3/h10-11,13,22H,4-9,12H2,1-3H3. The molecule has 1 aromatic rings. The van der Waals surface area contributed by atoms with Gasteiger partial charge in [0.05, 0.1) is 19.8 Å². The Labute approximate surface area is 154 Å². The Kier molecular flexibility index (Phi) is 7.06. The molecule has 2 rings (SSSR count). The fourth-order valence-corrected chi connectivity index (χ4v) is 3.07. The molecule has 1 aromatic carbocycles. The minimum absolute atomic E-state index is 0.0157. The second-order valence-electron chi connectivity index (χ2n) is 6.32. The number of amides is 2. The van der Waals surface area contributed by atoms with E-state index in [0.29, 0.717) is 23.6 Å². The SMILES string of the molecule is CCCCCCCCN1C(=O)C(O)=C(c2ccc(OC)c(OC)c2)C1=O. The first kappa shape index (κ1) is 19.8. The van der Waals surface area contributed by atoms with Crippen LogP contribution in [0, 0.1) is 0 Å². The van der Waals surface area contributed by atoms with E-state index in [1.165, 1.54) is 33.5 Å². The van der Waals surface area contributed by atoms with Crippen LogP contribution in [0.15, 0.2) is 24.0 Å². The quantitative estimate of drug-likeness (QED) is 0.508. The van der Waals surface area contributed by atoms with Gasteiger partial charge in [0.15, 0.2) is 17.3 Å². The van der Waals surface area contributed by atoms with Crippen molar-refractivity contribution in [2.24, 2.45) is 0 Å². The summed E-state index contributed by atoms with van der Waals surface area (Å²) in [5, 5.41) is 10.2. The van der Waals surface area contributed by atoms with Crippen LogP contribution in [0.5, 0.6) is 11.5 Å². The van der Waals surface area contributed by atoms with Gasteiger partial charge in [0.1, 0.15) is 0 Å². The van der Waals surface area contributed by atoms with Gasteiger partial charge in [-0.25, -0.2) is 0 Å². The number of aliphatic hydroxyl groups is 1. The molecule has 142 valence electrons. The molecule has 6 nitrogen and oxygen atoms in total. The molecule has 0 radical (unpaired) electrons. The predicted octanol–water partition coefficient (Wildman–Crippen LogP) is 3.70. The number of unbranched alkanes of at least 4 members (excludes halogenated alkanes) is 5. The molecular weight excluding hydrogens is 334 g/mol.